The summed E-state index contributed by atoms with van der Waals surface area (Å²) in [7, 11) is 4.50. The Kier molecular flexibility index (Phi) is 12.9. The van der Waals surface area contributed by atoms with E-state index >= 15 is 0 Å². The van der Waals surface area contributed by atoms with Crippen molar-refractivity contribution in [2.24, 2.45) is 11.8 Å². The summed E-state index contributed by atoms with van der Waals surface area (Å²) in [5.74, 6) is -0.565. The third kappa shape index (κ3) is 9.48. The Labute approximate surface area is 303 Å². The second kappa shape index (κ2) is 17.7. The number of carbonyl (C=O) groups excluding carboxylic acids is 1. The molecule has 0 unspecified atom stereocenters. The first-order valence-electron chi connectivity index (χ1n) is 17.4. The van der Waals surface area contributed by atoms with Gasteiger partial charge in [0.1, 0.15) is 17.4 Å². The summed E-state index contributed by atoms with van der Waals surface area (Å²) in [6.45, 7) is 0.994. The number of fused-ring (bicyclic) bond motifs is 1. The quantitative estimate of drug-likeness (QED) is 0.0455. The first kappa shape index (κ1) is 37.9. The van der Waals surface area contributed by atoms with Crippen LogP contribution in [0.15, 0.2) is 90.3 Å². The molecule has 0 aromatic heterocycles. The van der Waals surface area contributed by atoms with Crippen LogP contribution < -0.4 is 20.1 Å². The number of dihydropyridines is 1. The standard InChI is InChI=1S/C41H48N2O9/c1-50-18-4-5-32(29-16-17-42-39(24-29)43-30-11-9-28-23-31(44)12-10-27(28)22-30)40(34(46)14-7-25-6-13-33(45)37(20-25)51-2)35(47)15-8-26-19-36(48)41(49)38(21-26)52-3/h6,9-13,16,19-24,32,34,40,42-46,48-49H,4-5,7-8,14-15,17-18H2,1-3H3/t32-,34+,40-/m0/s1. The van der Waals surface area contributed by atoms with Crippen molar-refractivity contribution in [1.29, 1.82) is 0 Å². The highest BCUT2D eigenvalue weighted by atomic mass is 16.5. The van der Waals surface area contributed by atoms with Crippen LogP contribution in [-0.4, -0.2) is 71.9 Å². The molecule has 0 fully saturated rings. The number of aliphatic hydroxyl groups excluding tert-OH is 1. The van der Waals surface area contributed by atoms with Crippen molar-refractivity contribution in [1.82, 2.24) is 5.32 Å². The van der Waals surface area contributed by atoms with E-state index in [1.807, 2.05) is 36.4 Å². The molecule has 0 spiro atoms. The molecule has 4 aromatic carbocycles. The summed E-state index contributed by atoms with van der Waals surface area (Å²) in [5, 5.41) is 61.0. The third-order valence-corrected chi connectivity index (χ3v) is 9.52. The van der Waals surface area contributed by atoms with E-state index in [0.717, 1.165) is 33.4 Å². The van der Waals surface area contributed by atoms with Crippen LogP contribution in [0.4, 0.5) is 5.69 Å². The van der Waals surface area contributed by atoms with Gasteiger partial charge in [-0.3, -0.25) is 4.79 Å². The molecular formula is C41H48N2O9. The number of nitrogens with one attached hydrogen (secondary N) is 2. The van der Waals surface area contributed by atoms with Gasteiger partial charge in [0.05, 0.1) is 26.2 Å². The highest BCUT2D eigenvalue weighted by Gasteiger charge is 2.36. The fourth-order valence-corrected chi connectivity index (χ4v) is 6.82. The molecule has 11 nitrogen and oxygen atoms in total. The van der Waals surface area contributed by atoms with Crippen LogP contribution in [-0.2, 0) is 22.4 Å². The minimum Gasteiger partial charge on any atom is -0.508 e. The predicted molar refractivity (Wildman–Crippen MR) is 200 cm³/mol. The molecule has 0 amide bonds. The Morgan fingerprint density at radius 3 is 2.35 bits per heavy atom. The van der Waals surface area contributed by atoms with Crippen LogP contribution in [0.5, 0.6) is 34.5 Å². The highest BCUT2D eigenvalue weighted by Crippen LogP contribution is 2.38. The maximum absolute atomic E-state index is 14.4. The Morgan fingerprint density at radius 1 is 0.827 bits per heavy atom. The van der Waals surface area contributed by atoms with Gasteiger partial charge < -0.3 is 50.4 Å². The smallest absolute Gasteiger partial charge is 0.200 e. The molecular weight excluding hydrogens is 664 g/mol. The number of rotatable bonds is 18. The van der Waals surface area contributed by atoms with Gasteiger partial charge in [-0.2, -0.15) is 0 Å². The number of aliphatic hydroxyl groups is 1. The first-order chi connectivity index (χ1) is 25.1. The van der Waals surface area contributed by atoms with Crippen molar-refractivity contribution < 1.29 is 44.5 Å². The van der Waals surface area contributed by atoms with Crippen LogP contribution in [0.2, 0.25) is 0 Å². The van der Waals surface area contributed by atoms with Crippen LogP contribution in [0.3, 0.4) is 0 Å². The molecule has 7 N–H and O–H groups in total. The number of anilines is 1. The summed E-state index contributed by atoms with van der Waals surface area (Å²) in [6, 6.07) is 19.1. The lowest BCUT2D eigenvalue weighted by Gasteiger charge is -2.33. The van der Waals surface area contributed by atoms with E-state index in [-0.39, 0.29) is 59.7 Å². The third-order valence-electron chi connectivity index (χ3n) is 9.52. The van der Waals surface area contributed by atoms with E-state index in [9.17, 15) is 30.3 Å². The van der Waals surface area contributed by atoms with E-state index < -0.39 is 12.0 Å². The molecule has 0 aliphatic carbocycles. The van der Waals surface area contributed by atoms with Crippen LogP contribution in [0.1, 0.15) is 36.8 Å². The number of hydrogen-bond donors (Lipinski definition) is 7. The van der Waals surface area contributed by atoms with E-state index in [0.29, 0.717) is 43.7 Å². The number of hydrogen-bond acceptors (Lipinski definition) is 11. The maximum atomic E-state index is 14.4. The molecule has 11 heteroatoms. The van der Waals surface area contributed by atoms with Crippen molar-refractivity contribution in [2.75, 3.05) is 39.8 Å². The summed E-state index contributed by atoms with van der Waals surface area (Å²) < 4.78 is 15.9. The van der Waals surface area contributed by atoms with Crippen molar-refractivity contribution in [3.63, 3.8) is 0 Å². The molecule has 1 heterocycles. The summed E-state index contributed by atoms with van der Waals surface area (Å²) >= 11 is 0. The first-order valence-corrected chi connectivity index (χ1v) is 17.4. The van der Waals surface area contributed by atoms with E-state index in [1.54, 1.807) is 43.5 Å². The van der Waals surface area contributed by atoms with Crippen molar-refractivity contribution in [3.8, 4) is 34.5 Å². The fourth-order valence-electron chi connectivity index (χ4n) is 6.82. The molecule has 5 rings (SSSR count). The maximum Gasteiger partial charge on any atom is 0.200 e. The van der Waals surface area contributed by atoms with Crippen molar-refractivity contribution in [3.05, 3.63) is 101 Å². The summed E-state index contributed by atoms with van der Waals surface area (Å²) in [5.41, 5.74) is 3.22. The van der Waals surface area contributed by atoms with Gasteiger partial charge in [-0.05, 0) is 120 Å². The minimum absolute atomic E-state index is 0.0204. The van der Waals surface area contributed by atoms with Crippen molar-refractivity contribution in [2.45, 2.75) is 44.6 Å². The van der Waals surface area contributed by atoms with Gasteiger partial charge in [0.25, 0.3) is 0 Å². The number of benzene rings is 4. The van der Waals surface area contributed by atoms with Crippen LogP contribution in [0.25, 0.3) is 10.8 Å². The zero-order valence-corrected chi connectivity index (χ0v) is 29.8. The van der Waals surface area contributed by atoms with Crippen LogP contribution in [0, 0.1) is 11.8 Å². The average Bonchev–Trinajstić information content (AvgIpc) is 3.14. The zero-order valence-electron chi connectivity index (χ0n) is 29.8. The molecule has 276 valence electrons. The lowest BCUT2D eigenvalue weighted by atomic mass is 9.74. The van der Waals surface area contributed by atoms with Gasteiger partial charge in [0.2, 0.25) is 5.75 Å². The van der Waals surface area contributed by atoms with E-state index in [2.05, 4.69) is 10.6 Å². The number of aromatic hydroxyl groups is 4. The number of ether oxygens (including phenoxy) is 3. The largest absolute Gasteiger partial charge is 0.508 e. The highest BCUT2D eigenvalue weighted by molar-refractivity contribution is 5.87. The Balaban J connectivity index is 1.44. The minimum atomic E-state index is -1.01. The van der Waals surface area contributed by atoms with Gasteiger partial charge in [-0.1, -0.05) is 24.3 Å². The second-order valence-corrected chi connectivity index (χ2v) is 13.0. The predicted octanol–water partition coefficient (Wildman–Crippen LogP) is 6.32. The number of allylic oxidation sites excluding steroid dienone is 2. The summed E-state index contributed by atoms with van der Waals surface area (Å²) in [6.07, 6.45) is 5.33. The molecule has 1 aliphatic rings. The molecule has 1 aliphatic heterocycles. The van der Waals surface area contributed by atoms with Gasteiger partial charge >= 0.3 is 0 Å². The second-order valence-electron chi connectivity index (χ2n) is 13.0. The molecule has 0 saturated heterocycles. The SMILES string of the molecule is COCCC[C@@H](C1=CCNC(Nc2ccc3cc(O)ccc3c2)=C1)[C@H](C(=O)CCc1cc(O)c(O)c(OC)c1)[C@H](O)CCc1ccc(O)c(OC)c1. The van der Waals surface area contributed by atoms with E-state index in [1.165, 1.54) is 20.3 Å². The number of Topliss-reactive ketones (excluding diaryl/α,β-unsaturated/α-hetero) is 1. The number of aryl methyl sites for hydroxylation is 2. The van der Waals surface area contributed by atoms with Gasteiger partial charge in [0, 0.05) is 32.4 Å². The molecule has 4 aromatic rings. The lowest BCUT2D eigenvalue weighted by Crippen LogP contribution is -2.37. The molecule has 0 radical (unpaired) electrons. The number of carbonyl (C=O) groups is 1. The molecule has 0 bridgehead atoms. The molecule has 0 saturated carbocycles. The number of methoxy groups -OCH3 is 3. The van der Waals surface area contributed by atoms with Crippen molar-refractivity contribution >= 4 is 22.2 Å². The average molecular weight is 713 g/mol. The number of ketones is 1. The monoisotopic (exact) mass is 712 g/mol. The number of phenolic OH excluding ortho intramolecular Hbond substituents is 4. The van der Waals surface area contributed by atoms with Gasteiger partial charge in [-0.15, -0.1) is 0 Å². The molecule has 52 heavy (non-hydrogen) atoms. The van der Waals surface area contributed by atoms with Crippen LogP contribution >= 0.6 is 0 Å². The lowest BCUT2D eigenvalue weighted by molar-refractivity contribution is -0.128. The van der Waals surface area contributed by atoms with Gasteiger partial charge in [0.15, 0.2) is 23.0 Å². The van der Waals surface area contributed by atoms with Gasteiger partial charge in [-0.25, -0.2) is 0 Å². The molecule has 3 atom stereocenters. The Hall–Kier alpha value is -5.39. The topological polar surface area (TPSA) is 170 Å². The number of phenols is 4. The summed E-state index contributed by atoms with van der Waals surface area (Å²) in [4.78, 5) is 14.4. The Morgan fingerprint density at radius 2 is 1.58 bits per heavy atom. The normalized spacial score (nSPS) is 14.5. The van der Waals surface area contributed by atoms with E-state index in [4.69, 9.17) is 14.2 Å². The Bertz CT molecular complexity index is 1920. The zero-order chi connectivity index (χ0) is 37.2. The fraction of sp³-hybridized carbons (Fsp3) is 0.341.